The van der Waals surface area contributed by atoms with Gasteiger partial charge in [0.15, 0.2) is 0 Å². The number of hydrogen-bond donors (Lipinski definition) is 2. The highest BCUT2D eigenvalue weighted by molar-refractivity contribution is 7.79. The molecule has 1 heterocycles. The Labute approximate surface area is 169 Å². The van der Waals surface area contributed by atoms with E-state index in [1.807, 2.05) is 36.9 Å². The topological polar surface area (TPSA) is 105 Å². The molecule has 1 amide bonds. The van der Waals surface area contributed by atoms with Gasteiger partial charge in [-0.15, -0.1) is 0 Å². The van der Waals surface area contributed by atoms with Crippen LogP contribution in [0.15, 0.2) is 18.2 Å². The van der Waals surface area contributed by atoms with Crippen molar-refractivity contribution in [1.82, 2.24) is 10.4 Å². The number of ether oxygens (including phenoxy) is 1. The summed E-state index contributed by atoms with van der Waals surface area (Å²) in [7, 11) is 0. The number of anilines is 1. The molecule has 1 aromatic carbocycles. The number of carbonyl (C=O) groups is 1. The van der Waals surface area contributed by atoms with Crippen LogP contribution < -0.4 is 15.1 Å². The number of hydroxylamine groups is 1. The standard InChI is InChI=1S/C19H31N3O5S/c1-5-27-15-6-7-16(14(4)12-15)21-8-10-22(11-9-21)19(28(25)26)17(13(2)3)18(23)20-24/h6-7,12-13,17,19,24H,5,8-11H2,1-4H3,(H,20,23)(H,25,26)/p-1. The molecule has 1 saturated heterocycles. The van der Waals surface area contributed by atoms with Crippen LogP contribution in [0.2, 0.25) is 0 Å². The molecule has 1 fully saturated rings. The lowest BCUT2D eigenvalue weighted by molar-refractivity contribution is -0.136. The zero-order chi connectivity index (χ0) is 20.8. The van der Waals surface area contributed by atoms with Gasteiger partial charge in [-0.25, -0.2) is 5.48 Å². The Morgan fingerprint density at radius 1 is 1.32 bits per heavy atom. The molecule has 28 heavy (non-hydrogen) atoms. The van der Waals surface area contributed by atoms with Gasteiger partial charge >= 0.3 is 0 Å². The largest absolute Gasteiger partial charge is 0.771 e. The van der Waals surface area contributed by atoms with Crippen LogP contribution >= 0.6 is 0 Å². The number of aryl methyl sites for hydroxylation is 1. The molecule has 1 aliphatic heterocycles. The quantitative estimate of drug-likeness (QED) is 0.379. The van der Waals surface area contributed by atoms with Crippen LogP contribution in [0.1, 0.15) is 26.3 Å². The van der Waals surface area contributed by atoms with Gasteiger partial charge in [0.05, 0.1) is 17.9 Å². The molecule has 1 aliphatic rings. The Hall–Kier alpha value is -1.68. The van der Waals surface area contributed by atoms with E-state index in [-0.39, 0.29) is 5.92 Å². The average Bonchev–Trinajstić information content (AvgIpc) is 2.65. The van der Waals surface area contributed by atoms with Gasteiger partial charge in [-0.2, -0.15) is 0 Å². The van der Waals surface area contributed by atoms with E-state index in [4.69, 9.17) is 9.94 Å². The molecule has 2 N–H and O–H groups in total. The lowest BCUT2D eigenvalue weighted by atomic mass is 9.93. The molecule has 3 atom stereocenters. The Morgan fingerprint density at radius 2 is 1.96 bits per heavy atom. The fourth-order valence-corrected chi connectivity index (χ4v) is 4.89. The maximum Gasteiger partial charge on any atom is 0.249 e. The van der Waals surface area contributed by atoms with E-state index in [0.29, 0.717) is 32.8 Å². The number of nitrogens with one attached hydrogen (secondary N) is 1. The minimum Gasteiger partial charge on any atom is -0.771 e. The first-order chi connectivity index (χ1) is 13.3. The molecule has 0 radical (unpaired) electrons. The monoisotopic (exact) mass is 412 g/mol. The maximum absolute atomic E-state index is 12.1. The van der Waals surface area contributed by atoms with Crippen LogP contribution in [0.4, 0.5) is 5.69 Å². The van der Waals surface area contributed by atoms with Crippen molar-refractivity contribution < 1.29 is 23.5 Å². The van der Waals surface area contributed by atoms with Gasteiger partial charge in [-0.3, -0.25) is 19.1 Å². The number of piperazine rings is 1. The minimum atomic E-state index is -2.47. The highest BCUT2D eigenvalue weighted by atomic mass is 32.2. The molecule has 158 valence electrons. The number of hydrogen-bond acceptors (Lipinski definition) is 7. The summed E-state index contributed by atoms with van der Waals surface area (Å²) in [6.45, 7) is 10.4. The Balaban J connectivity index is 2.12. The van der Waals surface area contributed by atoms with E-state index < -0.39 is 28.3 Å². The number of nitrogens with zero attached hydrogens (tertiary/aromatic N) is 2. The lowest BCUT2D eigenvalue weighted by Crippen LogP contribution is -2.57. The second-order valence-corrected chi connectivity index (χ2v) is 8.31. The van der Waals surface area contributed by atoms with Crippen LogP contribution in [-0.4, -0.2) is 62.9 Å². The van der Waals surface area contributed by atoms with Gasteiger partial charge in [-0.05, 0) is 54.6 Å². The average molecular weight is 413 g/mol. The SMILES string of the molecule is CCOc1ccc(N2CCN(C(C(C(=O)NO)C(C)C)S(=O)[O-])CC2)c(C)c1. The molecular formula is C19H30N3O5S-. The molecule has 0 saturated carbocycles. The first-order valence-corrected chi connectivity index (χ1v) is 10.7. The van der Waals surface area contributed by atoms with Gasteiger partial charge < -0.3 is 14.2 Å². The van der Waals surface area contributed by atoms with Crippen molar-refractivity contribution in [3.63, 3.8) is 0 Å². The summed E-state index contributed by atoms with van der Waals surface area (Å²) >= 11 is -2.47. The third-order valence-electron chi connectivity index (χ3n) is 5.13. The number of amides is 1. The fraction of sp³-hybridized carbons (Fsp3) is 0.632. The molecule has 0 aliphatic carbocycles. The molecule has 3 unspecified atom stereocenters. The van der Waals surface area contributed by atoms with E-state index in [9.17, 15) is 13.6 Å². The first-order valence-electron chi connectivity index (χ1n) is 9.54. The maximum atomic E-state index is 12.1. The van der Waals surface area contributed by atoms with Crippen LogP contribution in [0, 0.1) is 18.8 Å². The number of rotatable bonds is 8. The van der Waals surface area contributed by atoms with Crippen molar-refractivity contribution in [3.8, 4) is 5.75 Å². The Kier molecular flexibility index (Phi) is 8.23. The first kappa shape index (κ1) is 22.6. The predicted molar refractivity (Wildman–Crippen MR) is 107 cm³/mol. The summed E-state index contributed by atoms with van der Waals surface area (Å²) in [5, 5.41) is 8.05. The van der Waals surface area contributed by atoms with Gasteiger partial charge in [0.1, 0.15) is 5.75 Å². The molecule has 0 bridgehead atoms. The Morgan fingerprint density at radius 3 is 2.43 bits per heavy atom. The lowest BCUT2D eigenvalue weighted by Gasteiger charge is -2.44. The van der Waals surface area contributed by atoms with E-state index in [1.165, 1.54) is 0 Å². The molecule has 1 aromatic rings. The van der Waals surface area contributed by atoms with Crippen molar-refractivity contribution in [2.24, 2.45) is 11.8 Å². The van der Waals surface area contributed by atoms with E-state index in [0.717, 1.165) is 17.0 Å². The van der Waals surface area contributed by atoms with Gasteiger partial charge in [0.2, 0.25) is 5.91 Å². The van der Waals surface area contributed by atoms with Crippen molar-refractivity contribution >= 4 is 22.7 Å². The molecule has 0 spiro atoms. The molecule has 8 nitrogen and oxygen atoms in total. The third kappa shape index (κ3) is 5.22. The number of carbonyl (C=O) groups excluding carboxylic acids is 1. The van der Waals surface area contributed by atoms with E-state index >= 15 is 0 Å². The highest BCUT2D eigenvalue weighted by Crippen LogP contribution is 2.28. The van der Waals surface area contributed by atoms with Crippen molar-refractivity contribution in [3.05, 3.63) is 23.8 Å². The second kappa shape index (κ2) is 10.2. The van der Waals surface area contributed by atoms with E-state index in [2.05, 4.69) is 4.90 Å². The van der Waals surface area contributed by atoms with Crippen LogP contribution in [0.5, 0.6) is 5.75 Å². The zero-order valence-corrected chi connectivity index (χ0v) is 17.7. The third-order valence-corrected chi connectivity index (χ3v) is 6.12. The van der Waals surface area contributed by atoms with Gasteiger partial charge in [-0.1, -0.05) is 13.8 Å². The second-order valence-electron chi connectivity index (χ2n) is 7.30. The van der Waals surface area contributed by atoms with Crippen LogP contribution in [0.3, 0.4) is 0 Å². The summed E-state index contributed by atoms with van der Waals surface area (Å²) in [5.41, 5.74) is 3.81. The summed E-state index contributed by atoms with van der Waals surface area (Å²) in [6, 6.07) is 5.96. The number of benzene rings is 1. The smallest absolute Gasteiger partial charge is 0.249 e. The fourth-order valence-electron chi connectivity index (χ4n) is 3.76. The predicted octanol–water partition coefficient (Wildman–Crippen LogP) is 1.50. The summed E-state index contributed by atoms with van der Waals surface area (Å²) in [6.07, 6.45) is 0. The molecule has 9 heteroatoms. The molecule has 0 aromatic heterocycles. The summed E-state index contributed by atoms with van der Waals surface area (Å²) in [4.78, 5) is 16.1. The van der Waals surface area contributed by atoms with Crippen molar-refractivity contribution in [2.75, 3.05) is 37.7 Å². The van der Waals surface area contributed by atoms with Crippen molar-refractivity contribution in [1.29, 1.82) is 0 Å². The van der Waals surface area contributed by atoms with Crippen LogP contribution in [-0.2, 0) is 15.9 Å². The normalized spacial score (nSPS) is 18.6. The molecule has 2 rings (SSSR count). The van der Waals surface area contributed by atoms with E-state index in [1.54, 1.807) is 19.3 Å². The highest BCUT2D eigenvalue weighted by Gasteiger charge is 2.37. The van der Waals surface area contributed by atoms with Crippen LogP contribution in [0.25, 0.3) is 0 Å². The zero-order valence-electron chi connectivity index (χ0n) is 16.9. The summed E-state index contributed by atoms with van der Waals surface area (Å²) in [5.74, 6) is -0.920. The van der Waals surface area contributed by atoms with Gasteiger partial charge in [0.25, 0.3) is 0 Å². The van der Waals surface area contributed by atoms with Gasteiger partial charge in [0, 0.05) is 31.9 Å². The summed E-state index contributed by atoms with van der Waals surface area (Å²) < 4.78 is 29.4. The molecular weight excluding hydrogens is 382 g/mol. The minimum absolute atomic E-state index is 0.235. The van der Waals surface area contributed by atoms with Crippen molar-refractivity contribution in [2.45, 2.75) is 33.1 Å². The Bertz CT molecular complexity index is 692.